The second-order valence-corrected chi connectivity index (χ2v) is 6.86. The maximum absolute atomic E-state index is 12.7. The average Bonchev–Trinajstić information content (AvgIpc) is 2.80. The molecule has 0 saturated carbocycles. The van der Waals surface area contributed by atoms with Crippen molar-refractivity contribution in [3.05, 3.63) is 83.2 Å². The minimum absolute atomic E-state index is 0.205. The highest BCUT2D eigenvalue weighted by molar-refractivity contribution is 6.01. The Kier molecular flexibility index (Phi) is 5.66. The number of hydrogen-bond donors (Lipinski definition) is 1. The van der Waals surface area contributed by atoms with Crippen molar-refractivity contribution in [3.8, 4) is 22.8 Å². The standard InChI is InChI=1S/C24H21N3O4/c1-30-21-12-10-17(14-22(21)31-2)19-11-13-24(29)27(26-19)15-23(28)25-20-9-5-7-16-6-3-4-8-18(16)20/h3-14H,15H2,1-2H3,(H,25,28). The number of amides is 1. The van der Waals surface area contributed by atoms with Gasteiger partial charge in [0.25, 0.3) is 5.56 Å². The van der Waals surface area contributed by atoms with Crippen LogP contribution in [-0.2, 0) is 11.3 Å². The molecule has 0 fully saturated rings. The van der Waals surface area contributed by atoms with Crippen LogP contribution in [0.4, 0.5) is 5.69 Å². The van der Waals surface area contributed by atoms with Crippen LogP contribution in [0.15, 0.2) is 77.6 Å². The third kappa shape index (κ3) is 4.25. The fourth-order valence-corrected chi connectivity index (χ4v) is 3.37. The molecule has 0 aliphatic carbocycles. The number of anilines is 1. The smallest absolute Gasteiger partial charge is 0.267 e. The van der Waals surface area contributed by atoms with Gasteiger partial charge in [0.2, 0.25) is 5.91 Å². The number of nitrogens with one attached hydrogen (secondary N) is 1. The molecule has 0 saturated heterocycles. The molecule has 156 valence electrons. The molecule has 0 unspecified atom stereocenters. The first-order valence-corrected chi connectivity index (χ1v) is 9.67. The number of rotatable bonds is 6. The fraction of sp³-hybridized carbons (Fsp3) is 0.125. The first-order chi connectivity index (χ1) is 15.1. The number of hydrogen-bond acceptors (Lipinski definition) is 5. The van der Waals surface area contributed by atoms with Crippen LogP contribution >= 0.6 is 0 Å². The summed E-state index contributed by atoms with van der Waals surface area (Å²) in [5, 5.41) is 9.19. The number of ether oxygens (including phenoxy) is 2. The molecule has 3 aromatic carbocycles. The van der Waals surface area contributed by atoms with Crippen molar-refractivity contribution in [1.29, 1.82) is 0 Å². The molecule has 4 aromatic rings. The minimum Gasteiger partial charge on any atom is -0.493 e. The lowest BCUT2D eigenvalue weighted by Crippen LogP contribution is -2.29. The van der Waals surface area contributed by atoms with Gasteiger partial charge in [-0.25, -0.2) is 4.68 Å². The van der Waals surface area contributed by atoms with E-state index in [-0.39, 0.29) is 18.0 Å². The molecule has 0 bridgehead atoms. The lowest BCUT2D eigenvalue weighted by molar-refractivity contribution is -0.117. The number of nitrogens with zero attached hydrogens (tertiary/aromatic N) is 2. The molecule has 4 rings (SSSR count). The van der Waals surface area contributed by atoms with Crippen molar-refractivity contribution < 1.29 is 14.3 Å². The highest BCUT2D eigenvalue weighted by Gasteiger charge is 2.12. The zero-order chi connectivity index (χ0) is 21.8. The van der Waals surface area contributed by atoms with Crippen LogP contribution in [0.25, 0.3) is 22.0 Å². The van der Waals surface area contributed by atoms with Crippen LogP contribution < -0.4 is 20.3 Å². The lowest BCUT2D eigenvalue weighted by Gasteiger charge is -2.11. The van der Waals surface area contributed by atoms with Crippen molar-refractivity contribution in [2.45, 2.75) is 6.54 Å². The number of carbonyl (C=O) groups is 1. The highest BCUT2D eigenvalue weighted by Crippen LogP contribution is 2.31. The molecule has 7 nitrogen and oxygen atoms in total. The molecule has 0 aliphatic rings. The van der Waals surface area contributed by atoms with E-state index in [1.807, 2.05) is 48.5 Å². The first kappa shape index (κ1) is 20.2. The second-order valence-electron chi connectivity index (χ2n) is 6.86. The summed E-state index contributed by atoms with van der Waals surface area (Å²) in [5.74, 6) is 0.803. The third-order valence-electron chi connectivity index (χ3n) is 4.90. The largest absolute Gasteiger partial charge is 0.493 e. The molecule has 1 N–H and O–H groups in total. The molecule has 1 amide bonds. The van der Waals surface area contributed by atoms with Crippen LogP contribution in [0.5, 0.6) is 11.5 Å². The van der Waals surface area contributed by atoms with Gasteiger partial charge in [0.15, 0.2) is 11.5 Å². The monoisotopic (exact) mass is 415 g/mol. The Morgan fingerprint density at radius 2 is 1.71 bits per heavy atom. The number of aromatic nitrogens is 2. The van der Waals surface area contributed by atoms with E-state index in [9.17, 15) is 9.59 Å². The maximum atomic E-state index is 12.7. The fourth-order valence-electron chi connectivity index (χ4n) is 3.37. The molecular formula is C24H21N3O4. The van der Waals surface area contributed by atoms with Crippen molar-refractivity contribution in [3.63, 3.8) is 0 Å². The molecule has 0 radical (unpaired) electrons. The predicted molar refractivity (Wildman–Crippen MR) is 120 cm³/mol. The van der Waals surface area contributed by atoms with Gasteiger partial charge in [0.1, 0.15) is 6.54 Å². The Morgan fingerprint density at radius 3 is 2.52 bits per heavy atom. The average molecular weight is 415 g/mol. The summed E-state index contributed by atoms with van der Waals surface area (Å²) in [6, 6.07) is 21.8. The Labute approximate surface area is 178 Å². The van der Waals surface area contributed by atoms with Crippen molar-refractivity contribution in [1.82, 2.24) is 9.78 Å². The summed E-state index contributed by atoms with van der Waals surface area (Å²) < 4.78 is 11.7. The van der Waals surface area contributed by atoms with E-state index in [2.05, 4.69) is 10.4 Å². The summed E-state index contributed by atoms with van der Waals surface area (Å²) in [5.41, 5.74) is 1.60. The zero-order valence-electron chi connectivity index (χ0n) is 17.2. The van der Waals surface area contributed by atoms with E-state index < -0.39 is 0 Å². The van der Waals surface area contributed by atoms with Gasteiger partial charge in [-0.3, -0.25) is 9.59 Å². The van der Waals surface area contributed by atoms with Gasteiger partial charge in [-0.05, 0) is 35.7 Å². The van der Waals surface area contributed by atoms with Crippen molar-refractivity contribution in [2.24, 2.45) is 0 Å². The summed E-state index contributed by atoms with van der Waals surface area (Å²) in [4.78, 5) is 25.0. The van der Waals surface area contributed by atoms with Crippen LogP contribution in [-0.4, -0.2) is 29.9 Å². The minimum atomic E-state index is -0.364. The van der Waals surface area contributed by atoms with Crippen LogP contribution in [0.2, 0.25) is 0 Å². The highest BCUT2D eigenvalue weighted by atomic mass is 16.5. The maximum Gasteiger partial charge on any atom is 0.267 e. The molecular weight excluding hydrogens is 394 g/mol. The van der Waals surface area contributed by atoms with Gasteiger partial charge < -0.3 is 14.8 Å². The van der Waals surface area contributed by atoms with E-state index in [4.69, 9.17) is 9.47 Å². The summed E-state index contributed by atoms with van der Waals surface area (Å²) in [7, 11) is 3.11. The van der Waals surface area contributed by atoms with E-state index in [0.29, 0.717) is 22.9 Å². The van der Waals surface area contributed by atoms with Gasteiger partial charge in [0.05, 0.1) is 19.9 Å². The first-order valence-electron chi connectivity index (χ1n) is 9.67. The van der Waals surface area contributed by atoms with Gasteiger partial charge in [-0.2, -0.15) is 5.10 Å². The molecule has 31 heavy (non-hydrogen) atoms. The topological polar surface area (TPSA) is 82.5 Å². The molecule has 1 heterocycles. The molecule has 0 atom stereocenters. The quantitative estimate of drug-likeness (QED) is 0.519. The molecule has 0 aliphatic heterocycles. The summed E-state index contributed by atoms with van der Waals surface area (Å²) >= 11 is 0. The second kappa shape index (κ2) is 8.71. The van der Waals surface area contributed by atoms with Crippen LogP contribution in [0.1, 0.15) is 0 Å². The van der Waals surface area contributed by atoms with E-state index in [0.717, 1.165) is 21.0 Å². The van der Waals surface area contributed by atoms with E-state index in [1.54, 1.807) is 32.4 Å². The Bertz CT molecular complexity index is 1310. The summed E-state index contributed by atoms with van der Waals surface area (Å²) in [6.45, 7) is -0.205. The number of fused-ring (bicyclic) bond motifs is 1. The zero-order valence-corrected chi connectivity index (χ0v) is 17.2. The van der Waals surface area contributed by atoms with Gasteiger partial charge in [-0.1, -0.05) is 36.4 Å². The molecule has 0 spiro atoms. The predicted octanol–water partition coefficient (Wildman–Crippen LogP) is 3.72. The molecule has 1 aromatic heterocycles. The number of benzene rings is 3. The third-order valence-corrected chi connectivity index (χ3v) is 4.90. The number of carbonyl (C=O) groups excluding carboxylic acids is 1. The van der Waals surface area contributed by atoms with E-state index >= 15 is 0 Å². The molecule has 7 heteroatoms. The Hall–Kier alpha value is -4.13. The Morgan fingerprint density at radius 1 is 0.935 bits per heavy atom. The normalized spacial score (nSPS) is 10.6. The summed E-state index contributed by atoms with van der Waals surface area (Å²) in [6.07, 6.45) is 0. The van der Waals surface area contributed by atoms with E-state index in [1.165, 1.54) is 6.07 Å². The Balaban J connectivity index is 1.59. The van der Waals surface area contributed by atoms with Crippen LogP contribution in [0, 0.1) is 0 Å². The van der Waals surface area contributed by atoms with Crippen molar-refractivity contribution >= 4 is 22.4 Å². The van der Waals surface area contributed by atoms with Gasteiger partial charge >= 0.3 is 0 Å². The van der Waals surface area contributed by atoms with Crippen molar-refractivity contribution in [2.75, 3.05) is 19.5 Å². The van der Waals surface area contributed by atoms with Crippen LogP contribution in [0.3, 0.4) is 0 Å². The SMILES string of the molecule is COc1ccc(-c2ccc(=O)n(CC(=O)Nc3cccc4ccccc34)n2)cc1OC. The van der Waals surface area contributed by atoms with Gasteiger partial charge in [-0.15, -0.1) is 0 Å². The number of methoxy groups -OCH3 is 2. The van der Waals surface area contributed by atoms with Gasteiger partial charge in [0, 0.05) is 22.7 Å². The lowest BCUT2D eigenvalue weighted by atomic mass is 10.1.